The molecule has 0 heterocycles. The Morgan fingerprint density at radius 2 is 1.64 bits per heavy atom. The van der Waals surface area contributed by atoms with Crippen molar-refractivity contribution in [2.75, 3.05) is 0 Å². The van der Waals surface area contributed by atoms with E-state index in [1.165, 1.54) is 43.2 Å². The van der Waals surface area contributed by atoms with Gasteiger partial charge in [-0.05, 0) is 73.3 Å². The lowest BCUT2D eigenvalue weighted by Gasteiger charge is -2.25. The summed E-state index contributed by atoms with van der Waals surface area (Å²) in [6.45, 7) is 4.49. The first kappa shape index (κ1) is 16.6. The molecule has 1 aromatic rings. The van der Waals surface area contributed by atoms with Crippen molar-refractivity contribution >= 4 is 6.08 Å². The third-order valence-corrected chi connectivity index (χ3v) is 4.75. The lowest BCUT2D eigenvalue weighted by atomic mass is 9.81. The SMILES string of the molecule is CCc1ccc(C=CC#CC=C[C@H]2CC[C@H](CC)CC2)cc1. The van der Waals surface area contributed by atoms with Crippen molar-refractivity contribution < 1.29 is 0 Å². The average molecular weight is 292 g/mol. The zero-order chi connectivity index (χ0) is 15.6. The van der Waals surface area contributed by atoms with E-state index in [9.17, 15) is 0 Å². The van der Waals surface area contributed by atoms with Gasteiger partial charge in [0.05, 0.1) is 0 Å². The Kier molecular flexibility index (Phi) is 7.04. The van der Waals surface area contributed by atoms with Gasteiger partial charge >= 0.3 is 0 Å². The first-order valence-corrected chi connectivity index (χ1v) is 8.75. The summed E-state index contributed by atoms with van der Waals surface area (Å²) in [5.74, 6) is 7.96. The maximum Gasteiger partial charge on any atom is -0.0109 e. The van der Waals surface area contributed by atoms with Gasteiger partial charge in [0, 0.05) is 0 Å². The molecule has 1 fully saturated rings. The third kappa shape index (κ3) is 5.57. The molecular weight excluding hydrogens is 264 g/mol. The van der Waals surface area contributed by atoms with Crippen molar-refractivity contribution in [3.05, 3.63) is 53.6 Å². The highest BCUT2D eigenvalue weighted by Gasteiger charge is 2.17. The van der Waals surface area contributed by atoms with Gasteiger partial charge in [0.15, 0.2) is 0 Å². The quantitative estimate of drug-likeness (QED) is 0.594. The predicted octanol–water partition coefficient (Wildman–Crippen LogP) is 6.04. The monoisotopic (exact) mass is 292 g/mol. The summed E-state index contributed by atoms with van der Waals surface area (Å²) in [6, 6.07) is 8.66. The van der Waals surface area contributed by atoms with E-state index in [0.717, 1.165) is 18.3 Å². The van der Waals surface area contributed by atoms with Crippen molar-refractivity contribution in [3.63, 3.8) is 0 Å². The molecule has 0 aliphatic heterocycles. The maximum absolute atomic E-state index is 3.13. The van der Waals surface area contributed by atoms with Crippen LogP contribution in [0.1, 0.15) is 57.1 Å². The predicted molar refractivity (Wildman–Crippen MR) is 97.5 cm³/mol. The van der Waals surface area contributed by atoms with E-state index in [0.29, 0.717) is 0 Å². The minimum absolute atomic E-state index is 0.752. The van der Waals surface area contributed by atoms with Gasteiger partial charge in [0.25, 0.3) is 0 Å². The second-order valence-electron chi connectivity index (χ2n) is 6.27. The van der Waals surface area contributed by atoms with Gasteiger partial charge in [0.2, 0.25) is 0 Å². The van der Waals surface area contributed by atoms with E-state index in [-0.39, 0.29) is 0 Å². The molecule has 2 rings (SSSR count). The zero-order valence-electron chi connectivity index (χ0n) is 14.0. The number of rotatable bonds is 4. The maximum atomic E-state index is 3.13. The Bertz CT molecular complexity index is 540. The molecule has 0 atom stereocenters. The van der Waals surface area contributed by atoms with Crippen LogP contribution in [0.25, 0.3) is 6.08 Å². The Morgan fingerprint density at radius 3 is 2.27 bits per heavy atom. The van der Waals surface area contributed by atoms with Gasteiger partial charge in [-0.15, -0.1) is 0 Å². The van der Waals surface area contributed by atoms with E-state index in [4.69, 9.17) is 0 Å². The molecule has 0 nitrogen and oxygen atoms in total. The zero-order valence-corrected chi connectivity index (χ0v) is 14.0. The molecule has 0 amide bonds. The van der Waals surface area contributed by atoms with Crippen LogP contribution in [0, 0.1) is 23.7 Å². The highest BCUT2D eigenvalue weighted by molar-refractivity contribution is 5.53. The number of benzene rings is 1. The van der Waals surface area contributed by atoms with Crippen molar-refractivity contribution in [1.82, 2.24) is 0 Å². The highest BCUT2D eigenvalue weighted by Crippen LogP contribution is 2.31. The molecule has 116 valence electrons. The van der Waals surface area contributed by atoms with E-state index < -0.39 is 0 Å². The molecule has 1 aromatic carbocycles. The van der Waals surface area contributed by atoms with Gasteiger partial charge in [-0.25, -0.2) is 0 Å². The van der Waals surface area contributed by atoms with E-state index >= 15 is 0 Å². The first-order valence-electron chi connectivity index (χ1n) is 8.75. The Hall–Kier alpha value is -1.74. The van der Waals surface area contributed by atoms with Crippen molar-refractivity contribution in [2.45, 2.75) is 52.4 Å². The summed E-state index contributed by atoms with van der Waals surface area (Å²) in [5, 5.41) is 0. The molecule has 1 saturated carbocycles. The number of aryl methyl sites for hydroxylation is 1. The minimum Gasteiger partial charge on any atom is -0.0730 e. The highest BCUT2D eigenvalue weighted by atomic mass is 14.2. The fraction of sp³-hybridized carbons (Fsp3) is 0.455. The molecule has 0 spiro atoms. The van der Waals surface area contributed by atoms with Crippen molar-refractivity contribution in [3.8, 4) is 11.8 Å². The van der Waals surface area contributed by atoms with Crippen molar-refractivity contribution in [2.24, 2.45) is 11.8 Å². The van der Waals surface area contributed by atoms with Crippen LogP contribution in [0.5, 0.6) is 0 Å². The normalized spacial score (nSPS) is 21.9. The molecule has 0 bridgehead atoms. The van der Waals surface area contributed by atoms with Crippen LogP contribution in [0.15, 0.2) is 42.5 Å². The van der Waals surface area contributed by atoms with Crippen LogP contribution < -0.4 is 0 Å². The molecule has 22 heavy (non-hydrogen) atoms. The van der Waals surface area contributed by atoms with Gasteiger partial charge in [0.1, 0.15) is 0 Å². The van der Waals surface area contributed by atoms with E-state index in [2.05, 4.69) is 62.1 Å². The Labute approximate surface area is 136 Å². The second kappa shape index (κ2) is 9.31. The Balaban J connectivity index is 1.76. The van der Waals surface area contributed by atoms with Gasteiger partial charge in [-0.2, -0.15) is 0 Å². The minimum atomic E-state index is 0.752. The van der Waals surface area contributed by atoms with Gasteiger partial charge < -0.3 is 0 Å². The van der Waals surface area contributed by atoms with E-state index in [1.807, 2.05) is 12.2 Å². The first-order chi connectivity index (χ1) is 10.8. The van der Waals surface area contributed by atoms with Crippen LogP contribution in [0.3, 0.4) is 0 Å². The molecule has 0 heteroatoms. The largest absolute Gasteiger partial charge is 0.0730 e. The standard InChI is InChI=1S/C22H28/c1-3-19-11-15-21(16-12-19)9-7-5-6-8-10-22-17-13-20(4-2)14-18-22/h7-12,15-16,20,22H,3-4,13-14,17-18H2,1-2H3/t20-,22-. The van der Waals surface area contributed by atoms with Crippen LogP contribution in [-0.4, -0.2) is 0 Å². The molecular formula is C22H28. The fourth-order valence-corrected chi connectivity index (χ4v) is 3.07. The molecule has 0 unspecified atom stereocenters. The number of allylic oxidation sites excluding steroid dienone is 3. The summed E-state index contributed by atoms with van der Waals surface area (Å²) in [4.78, 5) is 0. The van der Waals surface area contributed by atoms with Crippen LogP contribution in [0.2, 0.25) is 0 Å². The van der Waals surface area contributed by atoms with Gasteiger partial charge in [-0.3, -0.25) is 0 Å². The fourth-order valence-electron chi connectivity index (χ4n) is 3.07. The second-order valence-corrected chi connectivity index (χ2v) is 6.27. The molecule has 1 aliphatic carbocycles. The summed E-state index contributed by atoms with van der Waals surface area (Å²) in [7, 11) is 0. The van der Waals surface area contributed by atoms with Gasteiger partial charge in [-0.1, -0.05) is 62.5 Å². The number of hydrogen-bond donors (Lipinski definition) is 0. The molecule has 0 saturated heterocycles. The molecule has 0 aromatic heterocycles. The van der Waals surface area contributed by atoms with E-state index in [1.54, 1.807) is 0 Å². The average Bonchev–Trinajstić information content (AvgIpc) is 2.59. The molecule has 0 radical (unpaired) electrons. The number of hydrogen-bond acceptors (Lipinski definition) is 0. The topological polar surface area (TPSA) is 0 Å². The summed E-state index contributed by atoms with van der Waals surface area (Å²) >= 11 is 0. The lowest BCUT2D eigenvalue weighted by molar-refractivity contribution is 0.304. The summed E-state index contributed by atoms with van der Waals surface area (Å²) < 4.78 is 0. The summed E-state index contributed by atoms with van der Waals surface area (Å²) in [6.07, 6.45) is 16.3. The smallest absolute Gasteiger partial charge is 0.0109 e. The van der Waals surface area contributed by atoms with Crippen LogP contribution >= 0.6 is 0 Å². The van der Waals surface area contributed by atoms with Crippen LogP contribution in [0.4, 0.5) is 0 Å². The third-order valence-electron chi connectivity index (χ3n) is 4.75. The van der Waals surface area contributed by atoms with Crippen molar-refractivity contribution in [1.29, 1.82) is 0 Å². The van der Waals surface area contributed by atoms with Crippen LogP contribution in [-0.2, 0) is 6.42 Å². The molecule has 0 N–H and O–H groups in total. The Morgan fingerprint density at radius 1 is 0.955 bits per heavy atom. The summed E-state index contributed by atoms with van der Waals surface area (Å²) in [5.41, 5.74) is 2.59. The molecule has 1 aliphatic rings. The lowest BCUT2D eigenvalue weighted by Crippen LogP contribution is -2.11.